The molecular formula is C15H27N3O. The van der Waals surface area contributed by atoms with E-state index >= 15 is 0 Å². The lowest BCUT2D eigenvalue weighted by molar-refractivity contribution is 0.277. The van der Waals surface area contributed by atoms with Crippen LogP contribution in [0.1, 0.15) is 32.9 Å². The van der Waals surface area contributed by atoms with Crippen molar-refractivity contribution in [1.29, 1.82) is 0 Å². The lowest BCUT2D eigenvalue weighted by Gasteiger charge is -2.25. The summed E-state index contributed by atoms with van der Waals surface area (Å²) < 4.78 is 0. The van der Waals surface area contributed by atoms with Crippen molar-refractivity contribution in [3.05, 3.63) is 24.0 Å². The van der Waals surface area contributed by atoms with E-state index in [1.807, 2.05) is 12.1 Å². The zero-order valence-electron chi connectivity index (χ0n) is 12.5. The molecule has 0 atom stereocenters. The van der Waals surface area contributed by atoms with Gasteiger partial charge in [-0.05, 0) is 45.1 Å². The Bertz CT molecular complexity index is 353. The van der Waals surface area contributed by atoms with Crippen LogP contribution in [0.5, 0.6) is 0 Å². The molecular weight excluding hydrogens is 238 g/mol. The Morgan fingerprint density at radius 3 is 2.42 bits per heavy atom. The summed E-state index contributed by atoms with van der Waals surface area (Å²) in [5.41, 5.74) is 1.89. The Kier molecular flexibility index (Phi) is 7.45. The van der Waals surface area contributed by atoms with Crippen molar-refractivity contribution >= 4 is 5.69 Å². The quantitative estimate of drug-likeness (QED) is 0.742. The average molecular weight is 265 g/mol. The highest BCUT2D eigenvalue weighted by Crippen LogP contribution is 2.14. The summed E-state index contributed by atoms with van der Waals surface area (Å²) in [5.74, 6) is 0. The molecule has 1 aromatic heterocycles. The molecule has 0 unspecified atom stereocenters. The van der Waals surface area contributed by atoms with Gasteiger partial charge in [-0.2, -0.15) is 0 Å². The molecule has 0 radical (unpaired) electrons. The van der Waals surface area contributed by atoms with Gasteiger partial charge in [0.25, 0.3) is 0 Å². The minimum Gasteiger partial charge on any atom is -0.390 e. The molecule has 1 aromatic rings. The van der Waals surface area contributed by atoms with Crippen LogP contribution in [0.25, 0.3) is 0 Å². The van der Waals surface area contributed by atoms with Gasteiger partial charge in [0.15, 0.2) is 0 Å². The Balaban J connectivity index is 2.52. The number of aliphatic hydroxyl groups excluding tert-OH is 1. The molecule has 1 heterocycles. The van der Waals surface area contributed by atoms with Crippen LogP contribution in [0.15, 0.2) is 18.3 Å². The van der Waals surface area contributed by atoms with Crippen molar-refractivity contribution in [3.63, 3.8) is 0 Å². The maximum Gasteiger partial charge on any atom is 0.0853 e. The van der Waals surface area contributed by atoms with E-state index < -0.39 is 0 Å². The summed E-state index contributed by atoms with van der Waals surface area (Å²) in [7, 11) is 0. The van der Waals surface area contributed by atoms with Crippen molar-refractivity contribution in [2.45, 2.75) is 33.8 Å². The number of rotatable bonds is 9. The van der Waals surface area contributed by atoms with Gasteiger partial charge in [-0.1, -0.05) is 13.8 Å². The van der Waals surface area contributed by atoms with E-state index in [1.54, 1.807) is 6.20 Å². The Morgan fingerprint density at radius 2 is 1.84 bits per heavy atom. The molecule has 0 saturated carbocycles. The third-order valence-corrected chi connectivity index (χ3v) is 3.51. The third-order valence-electron chi connectivity index (χ3n) is 3.51. The van der Waals surface area contributed by atoms with E-state index in [-0.39, 0.29) is 6.61 Å². The third kappa shape index (κ3) is 5.17. The maximum atomic E-state index is 9.14. The van der Waals surface area contributed by atoms with Gasteiger partial charge in [0, 0.05) is 25.0 Å². The molecule has 0 aliphatic heterocycles. The van der Waals surface area contributed by atoms with Gasteiger partial charge in [0.2, 0.25) is 0 Å². The smallest absolute Gasteiger partial charge is 0.0853 e. The SMILES string of the molecule is CCN(CC)CCCN(CC)c1ccnc(CO)c1. The highest BCUT2D eigenvalue weighted by Gasteiger charge is 2.06. The van der Waals surface area contributed by atoms with Crippen LogP contribution in [0.3, 0.4) is 0 Å². The van der Waals surface area contributed by atoms with Crippen LogP contribution in [0.2, 0.25) is 0 Å². The van der Waals surface area contributed by atoms with Crippen molar-refractivity contribution < 1.29 is 5.11 Å². The van der Waals surface area contributed by atoms with Gasteiger partial charge in [-0.15, -0.1) is 0 Å². The van der Waals surface area contributed by atoms with Gasteiger partial charge in [-0.3, -0.25) is 4.98 Å². The molecule has 0 amide bonds. The van der Waals surface area contributed by atoms with Crippen molar-refractivity contribution in [3.8, 4) is 0 Å². The van der Waals surface area contributed by atoms with Gasteiger partial charge in [0.1, 0.15) is 0 Å². The Labute approximate surface area is 117 Å². The van der Waals surface area contributed by atoms with Crippen LogP contribution in [-0.2, 0) is 6.61 Å². The molecule has 19 heavy (non-hydrogen) atoms. The topological polar surface area (TPSA) is 39.6 Å². The van der Waals surface area contributed by atoms with E-state index in [2.05, 4.69) is 35.6 Å². The van der Waals surface area contributed by atoms with Crippen LogP contribution in [0.4, 0.5) is 5.69 Å². The number of pyridine rings is 1. The second-order valence-electron chi connectivity index (χ2n) is 4.62. The fourth-order valence-corrected chi connectivity index (χ4v) is 2.24. The number of hydrogen-bond donors (Lipinski definition) is 1. The summed E-state index contributed by atoms with van der Waals surface area (Å²) in [5, 5.41) is 9.14. The highest BCUT2D eigenvalue weighted by molar-refractivity contribution is 5.46. The van der Waals surface area contributed by atoms with Crippen molar-refractivity contribution in [2.75, 3.05) is 37.6 Å². The predicted molar refractivity (Wildman–Crippen MR) is 80.5 cm³/mol. The summed E-state index contributed by atoms with van der Waals surface area (Å²) in [4.78, 5) is 8.91. The Hall–Kier alpha value is -1.13. The lowest BCUT2D eigenvalue weighted by atomic mass is 10.2. The first-order valence-corrected chi connectivity index (χ1v) is 7.28. The molecule has 0 aliphatic rings. The maximum absolute atomic E-state index is 9.14. The first-order valence-electron chi connectivity index (χ1n) is 7.28. The lowest BCUT2D eigenvalue weighted by Crippen LogP contribution is -2.30. The van der Waals surface area contributed by atoms with E-state index in [0.29, 0.717) is 0 Å². The van der Waals surface area contributed by atoms with E-state index in [1.165, 1.54) is 0 Å². The number of anilines is 1. The summed E-state index contributed by atoms with van der Waals surface area (Å²) >= 11 is 0. The van der Waals surface area contributed by atoms with E-state index in [4.69, 9.17) is 5.11 Å². The predicted octanol–water partition coefficient (Wildman–Crippen LogP) is 2.13. The second kappa shape index (κ2) is 8.88. The molecule has 0 aliphatic carbocycles. The largest absolute Gasteiger partial charge is 0.390 e. The second-order valence-corrected chi connectivity index (χ2v) is 4.62. The molecule has 108 valence electrons. The van der Waals surface area contributed by atoms with E-state index in [0.717, 1.165) is 50.5 Å². The molecule has 0 bridgehead atoms. The molecule has 0 spiro atoms. The summed E-state index contributed by atoms with van der Waals surface area (Å²) in [6.45, 7) is 12.0. The number of hydrogen-bond acceptors (Lipinski definition) is 4. The van der Waals surface area contributed by atoms with Crippen LogP contribution in [0, 0.1) is 0 Å². The monoisotopic (exact) mass is 265 g/mol. The van der Waals surface area contributed by atoms with Gasteiger partial charge in [0.05, 0.1) is 12.3 Å². The molecule has 4 nitrogen and oxygen atoms in total. The standard InChI is InChI=1S/C15H27N3O/c1-4-17(5-2)10-7-11-18(6-3)15-8-9-16-14(12-15)13-19/h8-9,12,19H,4-7,10-11,13H2,1-3H3. The molecule has 4 heteroatoms. The van der Waals surface area contributed by atoms with Crippen LogP contribution in [-0.4, -0.2) is 47.7 Å². The van der Waals surface area contributed by atoms with Crippen molar-refractivity contribution in [2.24, 2.45) is 0 Å². The number of nitrogens with zero attached hydrogens (tertiary/aromatic N) is 3. The average Bonchev–Trinajstić information content (AvgIpc) is 2.47. The molecule has 1 N–H and O–H groups in total. The fourth-order valence-electron chi connectivity index (χ4n) is 2.24. The zero-order chi connectivity index (χ0) is 14.1. The first kappa shape index (κ1) is 15.9. The van der Waals surface area contributed by atoms with E-state index in [9.17, 15) is 0 Å². The van der Waals surface area contributed by atoms with Gasteiger partial charge in [-0.25, -0.2) is 0 Å². The normalized spacial score (nSPS) is 11.0. The highest BCUT2D eigenvalue weighted by atomic mass is 16.3. The van der Waals surface area contributed by atoms with Gasteiger partial charge >= 0.3 is 0 Å². The fraction of sp³-hybridized carbons (Fsp3) is 0.667. The van der Waals surface area contributed by atoms with Crippen LogP contribution < -0.4 is 4.90 Å². The molecule has 0 fully saturated rings. The molecule has 0 aromatic carbocycles. The first-order chi connectivity index (χ1) is 9.24. The molecule has 0 saturated heterocycles. The van der Waals surface area contributed by atoms with Crippen molar-refractivity contribution in [1.82, 2.24) is 9.88 Å². The minimum absolute atomic E-state index is 0.00480. The minimum atomic E-state index is 0.00480. The zero-order valence-corrected chi connectivity index (χ0v) is 12.5. The number of aliphatic hydroxyl groups is 1. The van der Waals surface area contributed by atoms with Crippen LogP contribution >= 0.6 is 0 Å². The summed E-state index contributed by atoms with van der Waals surface area (Å²) in [6, 6.07) is 3.99. The Morgan fingerprint density at radius 1 is 1.11 bits per heavy atom. The van der Waals surface area contributed by atoms with Gasteiger partial charge < -0.3 is 14.9 Å². The summed E-state index contributed by atoms with van der Waals surface area (Å²) in [6.07, 6.45) is 2.93. The molecule has 1 rings (SSSR count). The number of aromatic nitrogens is 1.